The van der Waals surface area contributed by atoms with E-state index in [-0.39, 0.29) is 26.9 Å². The number of carbonyl (C=O) groups excluding carboxylic acids is 3. The molecule has 10 nitrogen and oxygen atoms in total. The Labute approximate surface area is 273 Å². The fraction of sp³-hybridized carbons (Fsp3) is 0. The average molecular weight is 704 g/mol. The van der Waals surface area contributed by atoms with E-state index < -0.39 is 22.7 Å². The van der Waals surface area contributed by atoms with E-state index >= 15 is 0 Å². The molecule has 0 aliphatic rings. The van der Waals surface area contributed by atoms with E-state index in [1.807, 2.05) is 30.3 Å². The first kappa shape index (κ1) is 31.3. The van der Waals surface area contributed by atoms with Gasteiger partial charge in [-0.3, -0.25) is 19.7 Å². The predicted molar refractivity (Wildman–Crippen MR) is 178 cm³/mol. The number of esters is 1. The average Bonchev–Trinajstić information content (AvgIpc) is 3.37. The molecule has 0 saturated carbocycles. The number of non-ortho nitro benzene ring substituents is 1. The van der Waals surface area contributed by atoms with Gasteiger partial charge in [0.25, 0.3) is 17.5 Å². The molecule has 5 rings (SSSR count). The molecule has 0 saturated heterocycles. The van der Waals surface area contributed by atoms with Gasteiger partial charge in [0.15, 0.2) is 0 Å². The van der Waals surface area contributed by atoms with Crippen molar-refractivity contribution in [3.63, 3.8) is 0 Å². The number of nitro groups is 1. The zero-order chi connectivity index (χ0) is 31.9. The molecule has 13 heteroatoms. The normalized spacial score (nSPS) is 11.2. The highest BCUT2D eigenvalue weighted by molar-refractivity contribution is 9.10. The zero-order valence-electron chi connectivity index (χ0n) is 22.9. The monoisotopic (exact) mass is 702 g/mol. The summed E-state index contributed by atoms with van der Waals surface area (Å²) < 4.78 is 6.69. The van der Waals surface area contributed by atoms with Crippen molar-refractivity contribution >= 4 is 90.4 Å². The van der Waals surface area contributed by atoms with Crippen LogP contribution in [0.25, 0.3) is 16.2 Å². The summed E-state index contributed by atoms with van der Waals surface area (Å²) in [6.07, 6.45) is 4.31. The molecular weight excluding hydrogens is 684 g/mol. The second kappa shape index (κ2) is 14.1. The predicted octanol–water partition coefficient (Wildman–Crippen LogP) is 7.86. The fourth-order valence-corrected chi connectivity index (χ4v) is 5.84. The Balaban J connectivity index is 1.20. The summed E-state index contributed by atoms with van der Waals surface area (Å²) in [5.74, 6) is -1.34. The van der Waals surface area contributed by atoms with Gasteiger partial charge in [-0.05, 0) is 60.2 Å². The van der Waals surface area contributed by atoms with Crippen LogP contribution in [0.1, 0.15) is 31.2 Å². The third kappa shape index (κ3) is 7.87. The van der Waals surface area contributed by atoms with E-state index in [0.29, 0.717) is 25.8 Å². The summed E-state index contributed by atoms with van der Waals surface area (Å²) in [6.45, 7) is 0. The Morgan fingerprint density at radius 1 is 0.956 bits per heavy atom. The molecule has 1 heterocycles. The summed E-state index contributed by atoms with van der Waals surface area (Å²) in [6, 6.07) is 24.6. The number of hydrogen-bond donors (Lipinski definition) is 2. The van der Waals surface area contributed by atoms with Gasteiger partial charge in [-0.25, -0.2) is 10.2 Å². The molecule has 0 radical (unpaired) electrons. The number of amides is 2. The Kier molecular flexibility index (Phi) is 9.78. The smallest absolute Gasteiger partial charge is 0.336 e. The lowest BCUT2D eigenvalue weighted by atomic mass is 10.2. The van der Waals surface area contributed by atoms with Gasteiger partial charge in [-0.1, -0.05) is 57.9 Å². The van der Waals surface area contributed by atoms with Crippen LogP contribution >= 0.6 is 38.9 Å². The van der Waals surface area contributed by atoms with Crippen LogP contribution < -0.4 is 15.5 Å². The number of nitrogens with zero attached hydrogens (tertiary/aromatic N) is 2. The summed E-state index contributed by atoms with van der Waals surface area (Å²) in [4.78, 5) is 48.7. The van der Waals surface area contributed by atoms with Crippen LogP contribution in [0.4, 0.5) is 11.4 Å². The minimum absolute atomic E-state index is 0.0990. The van der Waals surface area contributed by atoms with Crippen molar-refractivity contribution in [2.24, 2.45) is 5.10 Å². The second-order valence-corrected chi connectivity index (χ2v) is 11.6. The fourth-order valence-electron chi connectivity index (χ4n) is 4.02. The Hall–Kier alpha value is -5.17. The molecule has 5 aromatic rings. The quantitative estimate of drug-likeness (QED) is 0.0400. The molecule has 2 N–H and O–H groups in total. The van der Waals surface area contributed by atoms with Crippen molar-refractivity contribution < 1.29 is 24.0 Å². The number of benzene rings is 4. The largest absolute Gasteiger partial charge is 0.423 e. The van der Waals surface area contributed by atoms with Crippen molar-refractivity contribution in [2.45, 2.75) is 0 Å². The van der Waals surface area contributed by atoms with E-state index in [4.69, 9.17) is 16.3 Å². The molecule has 0 unspecified atom stereocenters. The van der Waals surface area contributed by atoms with Gasteiger partial charge in [0, 0.05) is 49.6 Å². The molecule has 0 spiro atoms. The molecule has 45 heavy (non-hydrogen) atoms. The number of anilines is 1. The first-order valence-electron chi connectivity index (χ1n) is 13.0. The van der Waals surface area contributed by atoms with Gasteiger partial charge in [0.05, 0.1) is 16.2 Å². The minimum Gasteiger partial charge on any atom is -0.423 e. The van der Waals surface area contributed by atoms with Gasteiger partial charge in [-0.2, -0.15) is 5.10 Å². The summed E-state index contributed by atoms with van der Waals surface area (Å²) in [7, 11) is 0. The zero-order valence-corrected chi connectivity index (χ0v) is 26.1. The number of hydrazone groups is 1. The maximum absolute atomic E-state index is 12.9. The van der Waals surface area contributed by atoms with Crippen molar-refractivity contribution in [1.82, 2.24) is 5.43 Å². The van der Waals surface area contributed by atoms with Crippen LogP contribution in [0, 0.1) is 10.1 Å². The topological polar surface area (TPSA) is 140 Å². The molecule has 224 valence electrons. The van der Waals surface area contributed by atoms with Crippen LogP contribution in [-0.4, -0.2) is 28.9 Å². The van der Waals surface area contributed by atoms with Crippen LogP contribution in [0.2, 0.25) is 5.02 Å². The van der Waals surface area contributed by atoms with Crippen molar-refractivity contribution in [2.75, 3.05) is 5.32 Å². The van der Waals surface area contributed by atoms with Crippen molar-refractivity contribution in [3.8, 4) is 5.75 Å². The van der Waals surface area contributed by atoms with E-state index in [0.717, 1.165) is 16.9 Å². The summed E-state index contributed by atoms with van der Waals surface area (Å²) in [5, 5.41) is 18.5. The Bertz CT molecular complexity index is 1990. The summed E-state index contributed by atoms with van der Waals surface area (Å²) in [5.41, 5.74) is 4.29. The highest BCUT2D eigenvalue weighted by Gasteiger charge is 2.19. The number of carbonyl (C=O) groups is 3. The highest BCUT2D eigenvalue weighted by Crippen LogP contribution is 2.37. The van der Waals surface area contributed by atoms with Gasteiger partial charge < -0.3 is 10.1 Å². The standard InChI is InChI=1S/C32H20BrClN4O6S/c33-22-9-14-26(44-28(39)15-6-19-4-2-1-3-5-19)21(16-22)18-35-37-31(40)20-7-10-23(11-8-20)36-32(41)30-29(34)25-13-12-24(38(42)43)17-27(25)45-30/h1-18H,(H,36,41)(H,37,40)/b15-6+,35-18-. The maximum atomic E-state index is 12.9. The Morgan fingerprint density at radius 3 is 2.44 bits per heavy atom. The third-order valence-electron chi connectivity index (χ3n) is 6.20. The van der Waals surface area contributed by atoms with Crippen molar-refractivity contribution in [1.29, 1.82) is 0 Å². The summed E-state index contributed by atoms with van der Waals surface area (Å²) >= 11 is 10.8. The van der Waals surface area contributed by atoms with E-state index in [1.165, 1.54) is 54.8 Å². The number of nitro benzene ring substituents is 1. The number of rotatable bonds is 9. The lowest BCUT2D eigenvalue weighted by Gasteiger charge is -2.07. The Morgan fingerprint density at radius 2 is 1.71 bits per heavy atom. The minimum atomic E-state index is -0.578. The molecule has 0 atom stereocenters. The molecule has 1 aromatic heterocycles. The van der Waals surface area contributed by atoms with Gasteiger partial charge in [0.2, 0.25) is 0 Å². The lowest BCUT2D eigenvalue weighted by molar-refractivity contribution is -0.384. The number of hydrogen-bond acceptors (Lipinski definition) is 8. The molecule has 4 aromatic carbocycles. The first-order valence-corrected chi connectivity index (χ1v) is 15.0. The van der Waals surface area contributed by atoms with Crippen LogP contribution in [0.3, 0.4) is 0 Å². The van der Waals surface area contributed by atoms with Crippen LogP contribution in [0.5, 0.6) is 5.75 Å². The number of thiophene rings is 1. The van der Waals surface area contributed by atoms with Crippen LogP contribution in [0.15, 0.2) is 107 Å². The molecule has 0 bridgehead atoms. The van der Waals surface area contributed by atoms with E-state index in [9.17, 15) is 24.5 Å². The van der Waals surface area contributed by atoms with Gasteiger partial charge in [-0.15, -0.1) is 11.3 Å². The number of ether oxygens (including phenoxy) is 1. The SMILES string of the molecule is O=C(/C=C/c1ccccc1)Oc1ccc(Br)cc1/C=N\NC(=O)c1ccc(NC(=O)c2sc3cc([N+](=O)[O-])ccc3c2Cl)cc1. The first-order chi connectivity index (χ1) is 21.7. The van der Waals surface area contributed by atoms with Crippen LogP contribution in [-0.2, 0) is 4.79 Å². The maximum Gasteiger partial charge on any atom is 0.336 e. The lowest BCUT2D eigenvalue weighted by Crippen LogP contribution is -2.18. The number of nitrogens with one attached hydrogen (secondary N) is 2. The number of halogens is 2. The molecular formula is C32H20BrClN4O6S. The second-order valence-electron chi connectivity index (χ2n) is 9.26. The third-order valence-corrected chi connectivity index (χ3v) is 8.35. The highest BCUT2D eigenvalue weighted by atomic mass is 79.9. The number of fused-ring (bicyclic) bond motifs is 1. The molecule has 0 aliphatic carbocycles. The molecule has 0 aliphatic heterocycles. The molecule has 2 amide bonds. The van der Waals surface area contributed by atoms with E-state index in [2.05, 4.69) is 31.8 Å². The van der Waals surface area contributed by atoms with Gasteiger partial charge in [0.1, 0.15) is 10.6 Å². The van der Waals surface area contributed by atoms with Crippen molar-refractivity contribution in [3.05, 3.63) is 138 Å². The van der Waals surface area contributed by atoms with E-state index in [1.54, 1.807) is 24.3 Å². The molecule has 0 fully saturated rings. The van der Waals surface area contributed by atoms with Gasteiger partial charge >= 0.3 is 5.97 Å².